The minimum absolute atomic E-state index is 0.546. The van der Waals surface area contributed by atoms with Gasteiger partial charge in [-0.2, -0.15) is 5.26 Å². The molecule has 2 heteroatoms. The normalized spacial score (nSPS) is 11.9. The van der Waals surface area contributed by atoms with E-state index in [0.717, 1.165) is 11.1 Å². The monoisotopic (exact) mass is 205 g/mol. The third-order valence-electron chi connectivity index (χ3n) is 2.12. The first-order valence-corrected chi connectivity index (χ1v) is 4.78. The third-order valence-corrected chi connectivity index (χ3v) is 2.60. The average molecular weight is 206 g/mol. The van der Waals surface area contributed by atoms with E-state index in [1.807, 2.05) is 26.0 Å². The van der Waals surface area contributed by atoms with Gasteiger partial charge in [-0.15, -0.1) is 0 Å². The third kappa shape index (κ3) is 2.16. The summed E-state index contributed by atoms with van der Waals surface area (Å²) in [5.74, 6) is 0. The second-order valence-corrected chi connectivity index (χ2v) is 3.75. The zero-order chi connectivity index (χ0) is 10.7. The van der Waals surface area contributed by atoms with E-state index in [1.54, 1.807) is 6.92 Å². The molecule has 0 aliphatic carbocycles. The van der Waals surface area contributed by atoms with E-state index in [0.29, 0.717) is 10.6 Å². The zero-order valence-corrected chi connectivity index (χ0v) is 9.31. The fourth-order valence-electron chi connectivity index (χ4n) is 1.31. The summed E-state index contributed by atoms with van der Waals surface area (Å²) in [6.45, 7) is 5.75. The van der Waals surface area contributed by atoms with E-state index in [9.17, 15) is 0 Å². The lowest BCUT2D eigenvalue weighted by Crippen LogP contribution is -1.87. The molecule has 0 saturated heterocycles. The Morgan fingerprint density at radius 1 is 1.36 bits per heavy atom. The molecule has 0 saturated carbocycles. The van der Waals surface area contributed by atoms with Crippen LogP contribution in [0.5, 0.6) is 0 Å². The summed E-state index contributed by atoms with van der Waals surface area (Å²) in [7, 11) is 0. The fraction of sp³-hybridized carbons (Fsp3) is 0.250. The Balaban J connectivity index is 3.29. The second kappa shape index (κ2) is 4.30. The van der Waals surface area contributed by atoms with Crippen molar-refractivity contribution in [2.45, 2.75) is 20.8 Å². The van der Waals surface area contributed by atoms with Crippen LogP contribution in [-0.2, 0) is 0 Å². The first kappa shape index (κ1) is 10.8. The quantitative estimate of drug-likeness (QED) is 0.640. The highest BCUT2D eigenvalue weighted by Gasteiger charge is 2.05. The van der Waals surface area contributed by atoms with Crippen LogP contribution in [0.4, 0.5) is 0 Å². The molecule has 72 valence electrons. The van der Waals surface area contributed by atoms with Crippen molar-refractivity contribution in [2.24, 2.45) is 0 Å². The van der Waals surface area contributed by atoms with Crippen molar-refractivity contribution in [3.63, 3.8) is 0 Å². The fourth-order valence-corrected chi connectivity index (χ4v) is 1.57. The highest BCUT2D eigenvalue weighted by molar-refractivity contribution is 6.49. The average Bonchev–Trinajstić information content (AvgIpc) is 2.15. The summed E-state index contributed by atoms with van der Waals surface area (Å²) >= 11 is 6.07. The molecular formula is C12H12ClN. The lowest BCUT2D eigenvalue weighted by molar-refractivity contribution is 1.35. The van der Waals surface area contributed by atoms with Crippen molar-refractivity contribution in [3.8, 4) is 6.07 Å². The maximum Gasteiger partial charge on any atom is 0.0959 e. The van der Waals surface area contributed by atoms with Gasteiger partial charge in [0.05, 0.1) is 11.1 Å². The zero-order valence-electron chi connectivity index (χ0n) is 8.56. The summed E-state index contributed by atoms with van der Waals surface area (Å²) in [6, 6.07) is 8.06. The molecule has 0 aliphatic heterocycles. The van der Waals surface area contributed by atoms with Gasteiger partial charge in [0.2, 0.25) is 0 Å². The van der Waals surface area contributed by atoms with Crippen LogP contribution in [0.25, 0.3) is 5.03 Å². The van der Waals surface area contributed by atoms with Crippen molar-refractivity contribution in [1.82, 2.24) is 0 Å². The van der Waals surface area contributed by atoms with Gasteiger partial charge in [0.1, 0.15) is 0 Å². The molecule has 1 rings (SSSR count). The van der Waals surface area contributed by atoms with Crippen LogP contribution in [0.2, 0.25) is 0 Å². The summed E-state index contributed by atoms with van der Waals surface area (Å²) in [5.41, 5.74) is 3.80. The van der Waals surface area contributed by atoms with Gasteiger partial charge in [0.25, 0.3) is 0 Å². The molecule has 14 heavy (non-hydrogen) atoms. The molecule has 0 bridgehead atoms. The molecule has 0 aromatic heterocycles. The number of allylic oxidation sites excluding steroid dienone is 1. The van der Waals surface area contributed by atoms with Gasteiger partial charge in [0.15, 0.2) is 0 Å². The number of aryl methyl sites for hydroxylation is 2. The van der Waals surface area contributed by atoms with E-state index in [2.05, 4.69) is 12.1 Å². The van der Waals surface area contributed by atoms with Gasteiger partial charge in [0, 0.05) is 5.57 Å². The van der Waals surface area contributed by atoms with Crippen LogP contribution in [0, 0.1) is 25.2 Å². The van der Waals surface area contributed by atoms with E-state index in [4.69, 9.17) is 16.9 Å². The molecule has 0 spiro atoms. The first-order valence-electron chi connectivity index (χ1n) is 4.40. The van der Waals surface area contributed by atoms with Crippen molar-refractivity contribution < 1.29 is 0 Å². The summed E-state index contributed by atoms with van der Waals surface area (Å²) in [6.07, 6.45) is 0. The smallest absolute Gasteiger partial charge is 0.0959 e. The second-order valence-electron chi connectivity index (χ2n) is 3.37. The van der Waals surface area contributed by atoms with Crippen molar-refractivity contribution >= 4 is 16.6 Å². The number of halogens is 1. The molecular weight excluding hydrogens is 194 g/mol. The predicted octanol–water partition coefficient (Wildman–Crippen LogP) is 3.80. The molecule has 1 aromatic carbocycles. The summed E-state index contributed by atoms with van der Waals surface area (Å²) < 4.78 is 0. The molecule has 0 fully saturated rings. The van der Waals surface area contributed by atoms with Gasteiger partial charge in [-0.25, -0.2) is 0 Å². The van der Waals surface area contributed by atoms with E-state index >= 15 is 0 Å². The molecule has 0 atom stereocenters. The molecule has 1 aromatic rings. The van der Waals surface area contributed by atoms with Crippen LogP contribution in [0.1, 0.15) is 23.6 Å². The number of hydrogen-bond donors (Lipinski definition) is 0. The van der Waals surface area contributed by atoms with Crippen molar-refractivity contribution in [2.75, 3.05) is 0 Å². The lowest BCUT2D eigenvalue weighted by atomic mass is 10.0. The predicted molar refractivity (Wildman–Crippen MR) is 60.0 cm³/mol. The number of nitriles is 1. The van der Waals surface area contributed by atoms with Crippen molar-refractivity contribution in [1.29, 1.82) is 5.26 Å². The van der Waals surface area contributed by atoms with Crippen LogP contribution in [0.15, 0.2) is 23.8 Å². The van der Waals surface area contributed by atoms with E-state index in [1.165, 1.54) is 5.56 Å². The highest BCUT2D eigenvalue weighted by Crippen LogP contribution is 2.26. The molecule has 0 amide bonds. The van der Waals surface area contributed by atoms with Crippen LogP contribution < -0.4 is 0 Å². The molecule has 0 heterocycles. The molecule has 0 radical (unpaired) electrons. The van der Waals surface area contributed by atoms with Crippen LogP contribution in [0.3, 0.4) is 0 Å². The van der Waals surface area contributed by atoms with E-state index < -0.39 is 0 Å². The maximum atomic E-state index is 8.72. The molecule has 0 aliphatic rings. The SMILES string of the molecule is CC(C#N)=C(Cl)c1ccc(C)cc1C. The van der Waals surface area contributed by atoms with Crippen molar-refractivity contribution in [3.05, 3.63) is 40.5 Å². The largest absolute Gasteiger partial charge is 0.193 e. The van der Waals surface area contributed by atoms with Gasteiger partial charge >= 0.3 is 0 Å². The Morgan fingerprint density at radius 2 is 2.00 bits per heavy atom. The first-order chi connectivity index (χ1) is 6.56. The topological polar surface area (TPSA) is 23.8 Å². The minimum Gasteiger partial charge on any atom is -0.193 e. The van der Waals surface area contributed by atoms with Gasteiger partial charge < -0.3 is 0 Å². The Bertz CT molecular complexity index is 424. The van der Waals surface area contributed by atoms with Crippen LogP contribution >= 0.6 is 11.6 Å². The highest BCUT2D eigenvalue weighted by atomic mass is 35.5. The molecule has 0 unspecified atom stereocenters. The van der Waals surface area contributed by atoms with Crippen LogP contribution in [-0.4, -0.2) is 0 Å². The number of benzene rings is 1. The standard InChI is InChI=1S/C12H12ClN/c1-8-4-5-11(9(2)6-8)12(13)10(3)7-14/h4-6H,1-3H3. The summed E-state index contributed by atoms with van der Waals surface area (Å²) in [5, 5.41) is 9.27. The molecule has 1 nitrogen and oxygen atoms in total. The van der Waals surface area contributed by atoms with Gasteiger partial charge in [-0.05, 0) is 31.9 Å². The Labute approximate surface area is 89.6 Å². The van der Waals surface area contributed by atoms with Gasteiger partial charge in [-0.1, -0.05) is 35.4 Å². The minimum atomic E-state index is 0.546. The Kier molecular flexibility index (Phi) is 3.33. The number of rotatable bonds is 1. The number of hydrogen-bond acceptors (Lipinski definition) is 1. The Hall–Kier alpha value is -1.26. The summed E-state index contributed by atoms with van der Waals surface area (Å²) in [4.78, 5) is 0. The maximum absolute atomic E-state index is 8.72. The Morgan fingerprint density at radius 3 is 2.50 bits per heavy atom. The van der Waals surface area contributed by atoms with Gasteiger partial charge in [-0.3, -0.25) is 0 Å². The lowest BCUT2D eigenvalue weighted by Gasteiger charge is -2.05. The van der Waals surface area contributed by atoms with E-state index in [-0.39, 0.29) is 0 Å². The molecule has 0 N–H and O–H groups in total. The number of nitrogens with zero attached hydrogens (tertiary/aromatic N) is 1.